The van der Waals surface area contributed by atoms with Gasteiger partial charge in [-0.2, -0.15) is 0 Å². The Kier molecular flexibility index (Phi) is 6.81. The zero-order valence-corrected chi connectivity index (χ0v) is 15.3. The molecule has 1 aromatic rings. The molecule has 4 N–H and O–H groups in total. The lowest BCUT2D eigenvalue weighted by molar-refractivity contribution is -0.119. The third-order valence-corrected chi connectivity index (χ3v) is 4.18. The van der Waals surface area contributed by atoms with Gasteiger partial charge in [-0.05, 0) is 57.0 Å². The topological polar surface area (TPSA) is 74.4 Å². The first-order chi connectivity index (χ1) is 11.5. The molecule has 1 aliphatic heterocycles. The first-order valence-electron chi connectivity index (χ1n) is 8.21. The number of hydrazine groups is 1. The fourth-order valence-electron chi connectivity index (χ4n) is 2.85. The van der Waals surface area contributed by atoms with E-state index in [0.717, 1.165) is 36.3 Å². The Balaban J connectivity index is 1.68. The van der Waals surface area contributed by atoms with Gasteiger partial charge in [0.2, 0.25) is 0 Å². The molecule has 0 unspecified atom stereocenters. The quantitative estimate of drug-likeness (QED) is 0.478. The summed E-state index contributed by atoms with van der Waals surface area (Å²) in [7, 11) is 0. The van der Waals surface area contributed by atoms with Crippen LogP contribution in [0.1, 0.15) is 29.5 Å². The number of rotatable bonds is 5. The van der Waals surface area contributed by atoms with Crippen molar-refractivity contribution in [3.63, 3.8) is 0 Å². The smallest absolute Gasteiger partial charge is 0.257 e. The molecule has 7 heteroatoms. The largest absolute Gasteiger partial charge is 0.376 e. The Morgan fingerprint density at radius 3 is 2.58 bits per heavy atom. The molecule has 24 heavy (non-hydrogen) atoms. The molecule has 0 aliphatic carbocycles. The maximum Gasteiger partial charge on any atom is 0.257 e. The average molecular weight is 350 g/mol. The summed E-state index contributed by atoms with van der Waals surface area (Å²) in [6.45, 7) is 7.76. The lowest BCUT2D eigenvalue weighted by atomic mass is 10.1. The molecule has 1 saturated heterocycles. The van der Waals surface area contributed by atoms with Crippen molar-refractivity contribution < 1.29 is 9.53 Å². The van der Waals surface area contributed by atoms with Crippen LogP contribution < -0.4 is 21.5 Å². The molecule has 0 radical (unpaired) electrons. The highest BCUT2D eigenvalue weighted by Gasteiger charge is 2.15. The molecular weight excluding hydrogens is 324 g/mol. The van der Waals surface area contributed by atoms with Gasteiger partial charge in [-0.1, -0.05) is 17.7 Å². The van der Waals surface area contributed by atoms with Crippen LogP contribution in [0.15, 0.2) is 12.1 Å². The van der Waals surface area contributed by atoms with E-state index in [2.05, 4.69) is 40.5 Å². The van der Waals surface area contributed by atoms with Crippen LogP contribution in [-0.4, -0.2) is 36.8 Å². The molecule has 1 aromatic carbocycles. The van der Waals surface area contributed by atoms with Crippen LogP contribution in [0.25, 0.3) is 0 Å². The van der Waals surface area contributed by atoms with Gasteiger partial charge in [0.1, 0.15) is 0 Å². The van der Waals surface area contributed by atoms with Crippen molar-refractivity contribution in [2.24, 2.45) is 0 Å². The van der Waals surface area contributed by atoms with Gasteiger partial charge in [-0.25, -0.2) is 0 Å². The van der Waals surface area contributed by atoms with Gasteiger partial charge < -0.3 is 15.4 Å². The minimum Gasteiger partial charge on any atom is -0.376 e. The summed E-state index contributed by atoms with van der Waals surface area (Å²) >= 11 is 5.13. The zero-order chi connectivity index (χ0) is 17.5. The highest BCUT2D eigenvalue weighted by atomic mass is 32.1. The van der Waals surface area contributed by atoms with E-state index >= 15 is 0 Å². The summed E-state index contributed by atoms with van der Waals surface area (Å²) in [6, 6.07) is 4.19. The first-order valence-corrected chi connectivity index (χ1v) is 8.62. The minimum atomic E-state index is -0.185. The van der Waals surface area contributed by atoms with Crippen LogP contribution in [-0.2, 0) is 9.53 Å². The number of aryl methyl sites for hydroxylation is 3. The SMILES string of the molecule is Cc1cc(C)c(NCC(=O)NNC(=S)NC[C@H]2CCCO2)c(C)c1. The summed E-state index contributed by atoms with van der Waals surface area (Å²) in [5, 5.41) is 6.60. The van der Waals surface area contributed by atoms with Crippen LogP contribution >= 0.6 is 12.2 Å². The standard InChI is InChI=1S/C17H26N4O2S/c1-11-7-12(2)16(13(3)8-11)18-10-15(22)20-21-17(24)19-9-14-5-4-6-23-14/h7-8,14,18H,4-6,9-10H2,1-3H3,(H,20,22)(H2,19,21,24)/t14-/m1/s1. The van der Waals surface area contributed by atoms with E-state index in [1.54, 1.807) is 0 Å². The van der Waals surface area contributed by atoms with Crippen molar-refractivity contribution in [1.29, 1.82) is 0 Å². The number of nitrogens with one attached hydrogen (secondary N) is 4. The molecule has 0 bridgehead atoms. The lowest BCUT2D eigenvalue weighted by Gasteiger charge is -2.16. The fourth-order valence-corrected chi connectivity index (χ4v) is 2.99. The number of hydrogen-bond acceptors (Lipinski definition) is 4. The minimum absolute atomic E-state index is 0.173. The van der Waals surface area contributed by atoms with Crippen LogP contribution in [0.3, 0.4) is 0 Å². The number of hydrogen-bond donors (Lipinski definition) is 4. The average Bonchev–Trinajstić information content (AvgIpc) is 3.03. The molecule has 1 fully saturated rings. The molecule has 1 atom stereocenters. The predicted octanol–water partition coefficient (Wildman–Crippen LogP) is 1.70. The van der Waals surface area contributed by atoms with Crippen LogP contribution in [0, 0.1) is 20.8 Å². The van der Waals surface area contributed by atoms with Crippen LogP contribution in [0.4, 0.5) is 5.69 Å². The number of amides is 1. The molecule has 1 aliphatic rings. The van der Waals surface area contributed by atoms with Crippen molar-refractivity contribution in [3.05, 3.63) is 28.8 Å². The van der Waals surface area contributed by atoms with E-state index < -0.39 is 0 Å². The van der Waals surface area contributed by atoms with Crippen molar-refractivity contribution >= 4 is 28.9 Å². The van der Waals surface area contributed by atoms with Gasteiger partial charge in [0.05, 0.1) is 12.6 Å². The summed E-state index contributed by atoms with van der Waals surface area (Å²) in [5.74, 6) is -0.185. The van der Waals surface area contributed by atoms with Crippen molar-refractivity contribution in [2.75, 3.05) is 25.0 Å². The first kappa shape index (κ1) is 18.5. The summed E-state index contributed by atoms with van der Waals surface area (Å²) < 4.78 is 5.50. The highest BCUT2D eigenvalue weighted by Crippen LogP contribution is 2.21. The van der Waals surface area contributed by atoms with Crippen LogP contribution in [0.5, 0.6) is 0 Å². The van der Waals surface area contributed by atoms with Crippen molar-refractivity contribution in [1.82, 2.24) is 16.2 Å². The molecule has 0 saturated carbocycles. The second-order valence-corrected chi connectivity index (χ2v) is 6.55. The predicted molar refractivity (Wildman–Crippen MR) is 100.0 cm³/mol. The normalized spacial score (nSPS) is 16.5. The number of anilines is 1. The van der Waals surface area contributed by atoms with E-state index in [9.17, 15) is 4.79 Å². The number of benzene rings is 1. The van der Waals surface area contributed by atoms with Gasteiger partial charge in [0.15, 0.2) is 5.11 Å². The van der Waals surface area contributed by atoms with Gasteiger partial charge in [0.25, 0.3) is 5.91 Å². The Bertz CT molecular complexity index is 577. The fraction of sp³-hybridized carbons (Fsp3) is 0.529. The Labute approximate surface area is 148 Å². The van der Waals surface area contributed by atoms with E-state index in [0.29, 0.717) is 11.7 Å². The lowest BCUT2D eigenvalue weighted by Crippen LogP contribution is -2.49. The van der Waals surface area contributed by atoms with E-state index in [1.807, 2.05) is 13.8 Å². The maximum absolute atomic E-state index is 11.9. The summed E-state index contributed by atoms with van der Waals surface area (Å²) in [6.07, 6.45) is 2.34. The number of carbonyl (C=O) groups excluding carboxylic acids is 1. The Morgan fingerprint density at radius 2 is 1.96 bits per heavy atom. The second-order valence-electron chi connectivity index (χ2n) is 6.15. The van der Waals surface area contributed by atoms with Crippen molar-refractivity contribution in [3.8, 4) is 0 Å². The summed E-state index contributed by atoms with van der Waals surface area (Å²) in [4.78, 5) is 11.9. The van der Waals surface area contributed by atoms with E-state index in [4.69, 9.17) is 17.0 Å². The molecule has 6 nitrogen and oxygen atoms in total. The van der Waals surface area contributed by atoms with Crippen LogP contribution in [0.2, 0.25) is 0 Å². The number of thiocarbonyl (C=S) groups is 1. The molecule has 0 aromatic heterocycles. The molecule has 0 spiro atoms. The van der Waals surface area contributed by atoms with Gasteiger partial charge in [0, 0.05) is 18.8 Å². The van der Waals surface area contributed by atoms with E-state index in [1.165, 1.54) is 5.56 Å². The van der Waals surface area contributed by atoms with Gasteiger partial charge >= 0.3 is 0 Å². The third-order valence-electron chi connectivity index (χ3n) is 3.93. The Hall–Kier alpha value is -1.86. The maximum atomic E-state index is 11.9. The second kappa shape index (κ2) is 8.84. The number of ether oxygens (including phenoxy) is 1. The number of carbonyl (C=O) groups is 1. The van der Waals surface area contributed by atoms with E-state index in [-0.39, 0.29) is 18.6 Å². The zero-order valence-electron chi connectivity index (χ0n) is 14.5. The third kappa shape index (κ3) is 5.65. The van der Waals surface area contributed by atoms with Gasteiger partial charge in [-0.15, -0.1) is 0 Å². The molecule has 1 amide bonds. The monoisotopic (exact) mass is 350 g/mol. The Morgan fingerprint density at radius 1 is 1.25 bits per heavy atom. The van der Waals surface area contributed by atoms with Crippen molar-refractivity contribution in [2.45, 2.75) is 39.7 Å². The molecule has 132 valence electrons. The molecule has 1 heterocycles. The molecule has 2 rings (SSSR count). The van der Waals surface area contributed by atoms with Gasteiger partial charge in [-0.3, -0.25) is 15.6 Å². The molecular formula is C17H26N4O2S. The highest BCUT2D eigenvalue weighted by molar-refractivity contribution is 7.80. The summed E-state index contributed by atoms with van der Waals surface area (Å²) in [5.41, 5.74) is 9.75.